The number of cyclic esters (lactones) is 1. The second-order valence-corrected chi connectivity index (χ2v) is 9.94. The molecule has 1 aromatic carbocycles. The first-order chi connectivity index (χ1) is 14.7. The van der Waals surface area contributed by atoms with Gasteiger partial charge in [0.1, 0.15) is 6.10 Å². The molecule has 2 heteroatoms. The van der Waals surface area contributed by atoms with Crippen LogP contribution in [0.1, 0.15) is 133 Å². The minimum atomic E-state index is -0.0264. The molecule has 2 fully saturated rings. The summed E-state index contributed by atoms with van der Waals surface area (Å²) in [5.41, 5.74) is 2.67. The van der Waals surface area contributed by atoms with Crippen LogP contribution in [0, 0.1) is 11.8 Å². The standard InChI is InChI=1S/C28H44O2/c1-3-5-7-8-9-10-11-22-13-15-23(16-14-22)24-17-19-25(20-18-24)27-21-26(12-6-4-2)28(29)30-27/h17-20,22-23,26-27H,3-16,21H2,1-2H3. The van der Waals surface area contributed by atoms with Crippen LogP contribution in [0.4, 0.5) is 0 Å². The summed E-state index contributed by atoms with van der Waals surface area (Å²) in [6, 6.07) is 9.05. The lowest BCUT2D eigenvalue weighted by Gasteiger charge is -2.29. The molecule has 0 spiro atoms. The summed E-state index contributed by atoms with van der Waals surface area (Å²) in [6.07, 6.45) is 19.5. The fourth-order valence-electron chi connectivity index (χ4n) is 5.51. The Balaban J connectivity index is 1.39. The lowest BCUT2D eigenvalue weighted by atomic mass is 9.77. The Kier molecular flexibility index (Phi) is 9.75. The van der Waals surface area contributed by atoms with E-state index in [1.165, 1.54) is 81.8 Å². The van der Waals surface area contributed by atoms with E-state index in [2.05, 4.69) is 38.1 Å². The molecule has 2 unspecified atom stereocenters. The van der Waals surface area contributed by atoms with Crippen molar-refractivity contribution in [3.63, 3.8) is 0 Å². The number of hydrogen-bond donors (Lipinski definition) is 0. The predicted molar refractivity (Wildman–Crippen MR) is 126 cm³/mol. The second kappa shape index (κ2) is 12.5. The second-order valence-electron chi connectivity index (χ2n) is 9.94. The Bertz CT molecular complexity index is 612. The molecule has 3 rings (SSSR count). The fourth-order valence-corrected chi connectivity index (χ4v) is 5.51. The van der Waals surface area contributed by atoms with Crippen molar-refractivity contribution >= 4 is 5.97 Å². The van der Waals surface area contributed by atoms with Gasteiger partial charge in [-0.2, -0.15) is 0 Å². The van der Waals surface area contributed by atoms with Crippen LogP contribution in [-0.4, -0.2) is 5.97 Å². The maximum Gasteiger partial charge on any atom is 0.309 e. The van der Waals surface area contributed by atoms with Gasteiger partial charge in [-0.1, -0.05) is 95.9 Å². The zero-order chi connectivity index (χ0) is 21.2. The summed E-state index contributed by atoms with van der Waals surface area (Å²) in [5.74, 6) is 1.81. The van der Waals surface area contributed by atoms with Crippen molar-refractivity contribution in [1.29, 1.82) is 0 Å². The van der Waals surface area contributed by atoms with E-state index in [1.54, 1.807) is 0 Å². The van der Waals surface area contributed by atoms with Gasteiger partial charge in [-0.15, -0.1) is 0 Å². The first kappa shape index (κ1) is 23.4. The smallest absolute Gasteiger partial charge is 0.309 e. The van der Waals surface area contributed by atoms with Gasteiger partial charge in [0.25, 0.3) is 0 Å². The summed E-state index contributed by atoms with van der Waals surface area (Å²) in [7, 11) is 0. The predicted octanol–water partition coefficient (Wildman–Crippen LogP) is 8.51. The van der Waals surface area contributed by atoms with E-state index >= 15 is 0 Å². The molecular formula is C28H44O2. The molecule has 1 aliphatic carbocycles. The van der Waals surface area contributed by atoms with Gasteiger partial charge in [0.2, 0.25) is 0 Å². The van der Waals surface area contributed by atoms with E-state index in [4.69, 9.17) is 4.74 Å². The Hall–Kier alpha value is -1.31. The minimum Gasteiger partial charge on any atom is -0.457 e. The molecule has 2 atom stereocenters. The van der Waals surface area contributed by atoms with Crippen molar-refractivity contribution < 1.29 is 9.53 Å². The zero-order valence-electron chi connectivity index (χ0n) is 19.5. The lowest BCUT2D eigenvalue weighted by molar-refractivity contribution is -0.144. The summed E-state index contributed by atoms with van der Waals surface area (Å²) in [4.78, 5) is 12.1. The quantitative estimate of drug-likeness (QED) is 0.254. The van der Waals surface area contributed by atoms with Crippen molar-refractivity contribution in [1.82, 2.24) is 0 Å². The van der Waals surface area contributed by atoms with Crippen LogP contribution in [0.2, 0.25) is 0 Å². The average Bonchev–Trinajstić information content (AvgIpc) is 3.15. The topological polar surface area (TPSA) is 26.3 Å². The van der Waals surface area contributed by atoms with Gasteiger partial charge in [-0.25, -0.2) is 0 Å². The van der Waals surface area contributed by atoms with Crippen molar-refractivity contribution in [3.8, 4) is 0 Å². The molecular weight excluding hydrogens is 368 g/mol. The van der Waals surface area contributed by atoms with Crippen molar-refractivity contribution in [2.24, 2.45) is 11.8 Å². The molecule has 168 valence electrons. The van der Waals surface area contributed by atoms with Gasteiger partial charge in [0.05, 0.1) is 5.92 Å². The van der Waals surface area contributed by atoms with Crippen molar-refractivity contribution in [2.45, 2.75) is 122 Å². The SMILES string of the molecule is CCCCCCCCC1CCC(c2ccc(C3CC(CCCC)C(=O)O3)cc2)CC1. The largest absolute Gasteiger partial charge is 0.457 e. The molecule has 1 saturated carbocycles. The maximum absolute atomic E-state index is 12.1. The number of hydrogen-bond acceptors (Lipinski definition) is 2. The molecule has 0 aromatic heterocycles. The van der Waals surface area contributed by atoms with E-state index in [-0.39, 0.29) is 18.0 Å². The third-order valence-corrected chi connectivity index (χ3v) is 7.59. The van der Waals surface area contributed by atoms with Gasteiger partial charge in [-0.05, 0) is 55.1 Å². The Labute approximate surface area is 185 Å². The van der Waals surface area contributed by atoms with Crippen LogP contribution in [0.5, 0.6) is 0 Å². The number of benzene rings is 1. The first-order valence-corrected chi connectivity index (χ1v) is 13.0. The zero-order valence-corrected chi connectivity index (χ0v) is 19.5. The third kappa shape index (κ3) is 6.86. The highest BCUT2D eigenvalue weighted by Crippen LogP contribution is 2.40. The summed E-state index contributed by atoms with van der Waals surface area (Å²) in [5, 5.41) is 0. The summed E-state index contributed by atoms with van der Waals surface area (Å²) >= 11 is 0. The normalized spacial score (nSPS) is 26.7. The van der Waals surface area contributed by atoms with Crippen LogP contribution >= 0.6 is 0 Å². The highest BCUT2D eigenvalue weighted by molar-refractivity contribution is 5.74. The number of ether oxygens (including phenoxy) is 1. The van der Waals surface area contributed by atoms with Gasteiger partial charge >= 0.3 is 5.97 Å². The number of carbonyl (C=O) groups is 1. The Morgan fingerprint density at radius 1 is 0.767 bits per heavy atom. The molecule has 0 radical (unpaired) electrons. The van der Waals surface area contributed by atoms with Gasteiger partial charge in [0, 0.05) is 6.42 Å². The van der Waals surface area contributed by atoms with Gasteiger partial charge < -0.3 is 4.74 Å². The summed E-state index contributed by atoms with van der Waals surface area (Å²) < 4.78 is 5.69. The molecule has 2 aliphatic rings. The van der Waals surface area contributed by atoms with Gasteiger partial charge in [-0.3, -0.25) is 4.79 Å². The number of carbonyl (C=O) groups excluding carboxylic acids is 1. The van der Waals surface area contributed by atoms with Crippen molar-refractivity contribution in [2.75, 3.05) is 0 Å². The van der Waals surface area contributed by atoms with Crippen LogP contribution < -0.4 is 0 Å². The molecule has 2 nitrogen and oxygen atoms in total. The van der Waals surface area contributed by atoms with E-state index < -0.39 is 0 Å². The van der Waals surface area contributed by atoms with E-state index in [9.17, 15) is 4.79 Å². The average molecular weight is 413 g/mol. The number of rotatable bonds is 12. The Morgan fingerprint density at radius 2 is 1.40 bits per heavy atom. The first-order valence-electron chi connectivity index (χ1n) is 13.0. The molecule has 1 saturated heterocycles. The number of unbranched alkanes of at least 4 members (excludes halogenated alkanes) is 6. The maximum atomic E-state index is 12.1. The highest BCUT2D eigenvalue weighted by Gasteiger charge is 2.34. The third-order valence-electron chi connectivity index (χ3n) is 7.59. The summed E-state index contributed by atoms with van der Waals surface area (Å²) in [6.45, 7) is 4.47. The molecule has 0 amide bonds. The van der Waals surface area contributed by atoms with Crippen LogP contribution in [0.3, 0.4) is 0 Å². The van der Waals surface area contributed by atoms with E-state index in [0.29, 0.717) is 0 Å². The molecule has 1 heterocycles. The Morgan fingerprint density at radius 3 is 2.10 bits per heavy atom. The van der Waals surface area contributed by atoms with Crippen LogP contribution in [0.25, 0.3) is 0 Å². The minimum absolute atomic E-state index is 0.0150. The van der Waals surface area contributed by atoms with Crippen LogP contribution in [0.15, 0.2) is 24.3 Å². The van der Waals surface area contributed by atoms with Crippen molar-refractivity contribution in [3.05, 3.63) is 35.4 Å². The van der Waals surface area contributed by atoms with E-state index in [0.717, 1.165) is 37.5 Å². The number of esters is 1. The molecule has 1 aliphatic heterocycles. The molecule has 0 N–H and O–H groups in total. The van der Waals surface area contributed by atoms with Gasteiger partial charge in [0.15, 0.2) is 0 Å². The van der Waals surface area contributed by atoms with Crippen LogP contribution in [-0.2, 0) is 9.53 Å². The lowest BCUT2D eigenvalue weighted by Crippen LogP contribution is -2.13. The highest BCUT2D eigenvalue weighted by atomic mass is 16.5. The molecule has 30 heavy (non-hydrogen) atoms. The molecule has 0 bridgehead atoms. The fraction of sp³-hybridized carbons (Fsp3) is 0.750. The monoisotopic (exact) mass is 412 g/mol. The molecule has 1 aromatic rings. The van der Waals surface area contributed by atoms with E-state index in [1.807, 2.05) is 0 Å².